The smallest absolute Gasteiger partial charge is 0.161 e. The second kappa shape index (κ2) is 6.98. The van der Waals surface area contributed by atoms with Gasteiger partial charge in [0.25, 0.3) is 0 Å². The van der Waals surface area contributed by atoms with Crippen LogP contribution in [0.1, 0.15) is 18.9 Å². The van der Waals surface area contributed by atoms with Crippen LogP contribution in [0, 0.1) is 22.7 Å². The zero-order valence-electron chi connectivity index (χ0n) is 10.4. The molecular weight excluding hydrogens is 228 g/mol. The first-order valence-electron chi connectivity index (χ1n) is 5.57. The van der Waals surface area contributed by atoms with E-state index in [4.69, 9.17) is 20.0 Å². The Morgan fingerprint density at radius 2 is 2.00 bits per heavy atom. The van der Waals surface area contributed by atoms with Gasteiger partial charge in [-0.3, -0.25) is 0 Å². The monoisotopic (exact) mass is 242 g/mol. The topological polar surface area (TPSA) is 66.0 Å². The number of hydrogen-bond acceptors (Lipinski definition) is 4. The SMILES string of the molecule is CCCOc1ccc(C=C(C#N)C#N)cc1OC. The van der Waals surface area contributed by atoms with Gasteiger partial charge in [-0.15, -0.1) is 0 Å². The van der Waals surface area contributed by atoms with Crippen LogP contribution in [0.15, 0.2) is 23.8 Å². The summed E-state index contributed by atoms with van der Waals surface area (Å²) in [5.74, 6) is 1.25. The molecule has 0 spiro atoms. The maximum Gasteiger partial charge on any atom is 0.161 e. The number of hydrogen-bond donors (Lipinski definition) is 0. The van der Waals surface area contributed by atoms with Gasteiger partial charge in [-0.05, 0) is 30.2 Å². The summed E-state index contributed by atoms with van der Waals surface area (Å²) in [4.78, 5) is 0. The highest BCUT2D eigenvalue weighted by molar-refractivity contribution is 5.64. The molecule has 18 heavy (non-hydrogen) atoms. The third-order valence-electron chi connectivity index (χ3n) is 2.20. The summed E-state index contributed by atoms with van der Waals surface area (Å²) < 4.78 is 10.7. The van der Waals surface area contributed by atoms with Crippen LogP contribution in [-0.2, 0) is 0 Å². The molecule has 1 aromatic carbocycles. The zero-order valence-corrected chi connectivity index (χ0v) is 10.4. The van der Waals surface area contributed by atoms with Crippen molar-refractivity contribution in [2.24, 2.45) is 0 Å². The lowest BCUT2D eigenvalue weighted by Crippen LogP contribution is -1.97. The van der Waals surface area contributed by atoms with Crippen LogP contribution < -0.4 is 9.47 Å². The van der Waals surface area contributed by atoms with Gasteiger partial charge in [0.05, 0.1) is 13.7 Å². The van der Waals surface area contributed by atoms with Crippen molar-refractivity contribution in [3.63, 3.8) is 0 Å². The molecule has 0 fully saturated rings. The van der Waals surface area contributed by atoms with E-state index in [2.05, 4.69) is 0 Å². The summed E-state index contributed by atoms with van der Waals surface area (Å²) in [5.41, 5.74) is 0.785. The molecule has 0 atom stereocenters. The number of ether oxygens (including phenoxy) is 2. The highest BCUT2D eigenvalue weighted by atomic mass is 16.5. The van der Waals surface area contributed by atoms with Crippen molar-refractivity contribution in [3.8, 4) is 23.6 Å². The van der Waals surface area contributed by atoms with Crippen LogP contribution in [0.3, 0.4) is 0 Å². The van der Waals surface area contributed by atoms with Gasteiger partial charge in [0.15, 0.2) is 11.5 Å². The quantitative estimate of drug-likeness (QED) is 0.744. The molecule has 0 saturated heterocycles. The maximum atomic E-state index is 8.69. The summed E-state index contributed by atoms with van der Waals surface area (Å²) in [7, 11) is 1.55. The highest BCUT2D eigenvalue weighted by Gasteiger charge is 2.05. The van der Waals surface area contributed by atoms with Gasteiger partial charge in [-0.25, -0.2) is 0 Å². The fourth-order valence-electron chi connectivity index (χ4n) is 1.36. The van der Waals surface area contributed by atoms with Crippen molar-refractivity contribution >= 4 is 6.08 Å². The van der Waals surface area contributed by atoms with E-state index < -0.39 is 0 Å². The Hall–Kier alpha value is -2.46. The average Bonchev–Trinajstić information content (AvgIpc) is 2.42. The Balaban J connectivity index is 3.03. The van der Waals surface area contributed by atoms with Gasteiger partial charge in [-0.2, -0.15) is 10.5 Å². The van der Waals surface area contributed by atoms with E-state index in [0.717, 1.165) is 12.0 Å². The molecule has 4 nitrogen and oxygen atoms in total. The summed E-state index contributed by atoms with van der Waals surface area (Å²) >= 11 is 0. The molecule has 0 N–H and O–H groups in total. The van der Waals surface area contributed by atoms with Crippen LogP contribution in [-0.4, -0.2) is 13.7 Å². The normalized spacial score (nSPS) is 8.89. The van der Waals surface area contributed by atoms with Crippen molar-refractivity contribution in [2.45, 2.75) is 13.3 Å². The van der Waals surface area contributed by atoms with Crippen LogP contribution in [0.2, 0.25) is 0 Å². The van der Waals surface area contributed by atoms with E-state index in [1.165, 1.54) is 6.08 Å². The Labute approximate surface area is 107 Å². The summed E-state index contributed by atoms with van der Waals surface area (Å²) in [5, 5.41) is 17.4. The van der Waals surface area contributed by atoms with Gasteiger partial charge in [0.1, 0.15) is 17.7 Å². The minimum Gasteiger partial charge on any atom is -0.493 e. The second-order valence-electron chi connectivity index (χ2n) is 3.54. The lowest BCUT2D eigenvalue weighted by atomic mass is 10.1. The molecule has 0 saturated carbocycles. The third-order valence-corrected chi connectivity index (χ3v) is 2.20. The Bertz CT molecular complexity index is 506. The molecule has 92 valence electrons. The van der Waals surface area contributed by atoms with E-state index in [9.17, 15) is 0 Å². The fourth-order valence-corrected chi connectivity index (χ4v) is 1.36. The Morgan fingerprint density at radius 1 is 1.28 bits per heavy atom. The van der Waals surface area contributed by atoms with Crippen LogP contribution in [0.25, 0.3) is 6.08 Å². The molecule has 0 aliphatic heterocycles. The van der Waals surface area contributed by atoms with E-state index >= 15 is 0 Å². The van der Waals surface area contributed by atoms with Gasteiger partial charge < -0.3 is 9.47 Å². The fraction of sp³-hybridized carbons (Fsp3) is 0.286. The molecule has 0 amide bonds. The molecule has 1 aromatic rings. The standard InChI is InChI=1S/C14H14N2O2/c1-3-6-18-13-5-4-11(8-14(13)17-2)7-12(9-15)10-16/h4-5,7-8H,3,6H2,1-2H3. The average molecular weight is 242 g/mol. The van der Waals surface area contributed by atoms with Crippen molar-refractivity contribution in [2.75, 3.05) is 13.7 Å². The summed E-state index contributed by atoms with van der Waals surface area (Å²) in [6.07, 6.45) is 2.42. The number of benzene rings is 1. The molecule has 0 heterocycles. The van der Waals surface area contributed by atoms with Gasteiger partial charge in [0.2, 0.25) is 0 Å². The highest BCUT2D eigenvalue weighted by Crippen LogP contribution is 2.28. The van der Waals surface area contributed by atoms with Crippen LogP contribution in [0.4, 0.5) is 0 Å². The van der Waals surface area contributed by atoms with E-state index in [1.54, 1.807) is 25.3 Å². The molecule has 0 aliphatic rings. The largest absolute Gasteiger partial charge is 0.493 e. The van der Waals surface area contributed by atoms with Crippen molar-refractivity contribution in [3.05, 3.63) is 29.3 Å². The van der Waals surface area contributed by atoms with Crippen molar-refractivity contribution < 1.29 is 9.47 Å². The Kier molecular flexibility index (Phi) is 5.28. The first-order valence-corrected chi connectivity index (χ1v) is 5.57. The Morgan fingerprint density at radius 3 is 2.56 bits per heavy atom. The lowest BCUT2D eigenvalue weighted by molar-refractivity contribution is 0.294. The first-order chi connectivity index (χ1) is 8.74. The van der Waals surface area contributed by atoms with E-state index in [-0.39, 0.29) is 5.57 Å². The minimum atomic E-state index is 0.0549. The molecule has 1 rings (SSSR count). The molecule has 0 aliphatic carbocycles. The maximum absolute atomic E-state index is 8.69. The first kappa shape index (κ1) is 13.6. The summed E-state index contributed by atoms with van der Waals surface area (Å²) in [6, 6.07) is 8.92. The molecule has 0 bridgehead atoms. The molecular formula is C14H14N2O2. The summed E-state index contributed by atoms with van der Waals surface area (Å²) in [6.45, 7) is 2.64. The predicted molar refractivity (Wildman–Crippen MR) is 68.0 cm³/mol. The number of nitriles is 2. The van der Waals surface area contributed by atoms with Crippen LogP contribution >= 0.6 is 0 Å². The van der Waals surface area contributed by atoms with Gasteiger partial charge in [0, 0.05) is 0 Å². The number of methoxy groups -OCH3 is 1. The van der Waals surface area contributed by atoms with E-state index in [0.29, 0.717) is 18.1 Å². The third kappa shape index (κ3) is 3.54. The lowest BCUT2D eigenvalue weighted by Gasteiger charge is -2.10. The molecule has 0 radical (unpaired) electrons. The van der Waals surface area contributed by atoms with Gasteiger partial charge in [-0.1, -0.05) is 13.0 Å². The number of rotatable bonds is 5. The number of nitrogens with zero attached hydrogens (tertiary/aromatic N) is 2. The minimum absolute atomic E-state index is 0.0549. The zero-order chi connectivity index (χ0) is 13.4. The second-order valence-corrected chi connectivity index (χ2v) is 3.54. The van der Waals surface area contributed by atoms with Crippen molar-refractivity contribution in [1.82, 2.24) is 0 Å². The predicted octanol–water partition coefficient (Wildman–Crippen LogP) is 2.91. The molecule has 0 unspecified atom stereocenters. The number of allylic oxidation sites excluding steroid dienone is 1. The molecule has 4 heteroatoms. The molecule has 0 aromatic heterocycles. The van der Waals surface area contributed by atoms with Gasteiger partial charge >= 0.3 is 0 Å². The van der Waals surface area contributed by atoms with Crippen molar-refractivity contribution in [1.29, 1.82) is 10.5 Å². The van der Waals surface area contributed by atoms with Crippen LogP contribution in [0.5, 0.6) is 11.5 Å². The van der Waals surface area contributed by atoms with E-state index in [1.807, 2.05) is 19.1 Å².